The van der Waals surface area contributed by atoms with Gasteiger partial charge in [-0.3, -0.25) is 4.79 Å². The van der Waals surface area contributed by atoms with Crippen LogP contribution >= 0.6 is 0 Å². The van der Waals surface area contributed by atoms with Crippen LogP contribution in [0.1, 0.15) is 17.5 Å². The molecule has 142 valence electrons. The van der Waals surface area contributed by atoms with Gasteiger partial charge in [0.05, 0.1) is 22.9 Å². The third kappa shape index (κ3) is 4.74. The molecule has 0 aliphatic rings. The summed E-state index contributed by atoms with van der Waals surface area (Å²) in [4.78, 5) is 12.0. The van der Waals surface area contributed by atoms with Crippen LogP contribution in [0.15, 0.2) is 71.6 Å². The highest BCUT2D eigenvalue weighted by molar-refractivity contribution is 7.89. The van der Waals surface area contributed by atoms with Gasteiger partial charge in [-0.05, 0) is 29.0 Å². The Morgan fingerprint density at radius 1 is 1.00 bits per heavy atom. The monoisotopic (exact) mass is 394 g/mol. The number of nitrogens with one attached hydrogen (secondary N) is 1. The molecule has 0 saturated heterocycles. The number of benzene rings is 3. The van der Waals surface area contributed by atoms with Gasteiger partial charge < -0.3 is 4.74 Å². The third-order valence-electron chi connectivity index (χ3n) is 4.18. The zero-order chi connectivity index (χ0) is 20.0. The molecular formula is C21H18N2O4S. The lowest BCUT2D eigenvalue weighted by Crippen LogP contribution is -2.26. The van der Waals surface area contributed by atoms with Gasteiger partial charge in [0.2, 0.25) is 10.0 Å². The molecule has 0 fully saturated rings. The number of ether oxygens (including phenoxy) is 1. The Labute approximate surface area is 163 Å². The van der Waals surface area contributed by atoms with Crippen molar-refractivity contribution in [2.24, 2.45) is 0 Å². The van der Waals surface area contributed by atoms with Crippen molar-refractivity contribution in [3.8, 4) is 6.07 Å². The fraction of sp³-hybridized carbons (Fsp3) is 0.143. The van der Waals surface area contributed by atoms with E-state index in [9.17, 15) is 13.2 Å². The van der Waals surface area contributed by atoms with Gasteiger partial charge in [0.15, 0.2) is 0 Å². The van der Waals surface area contributed by atoms with E-state index in [2.05, 4.69) is 4.72 Å². The molecule has 3 aromatic rings. The van der Waals surface area contributed by atoms with Gasteiger partial charge in [-0.1, -0.05) is 48.5 Å². The van der Waals surface area contributed by atoms with Gasteiger partial charge in [0.25, 0.3) is 0 Å². The number of nitriles is 1. The van der Waals surface area contributed by atoms with E-state index in [1.165, 1.54) is 6.07 Å². The first kappa shape index (κ1) is 19.5. The minimum absolute atomic E-state index is 0.0278. The summed E-state index contributed by atoms with van der Waals surface area (Å²) in [6.45, 7) is -0.103. The summed E-state index contributed by atoms with van der Waals surface area (Å²) >= 11 is 0. The van der Waals surface area contributed by atoms with E-state index in [-0.39, 0.29) is 24.5 Å². The fourth-order valence-electron chi connectivity index (χ4n) is 2.69. The minimum atomic E-state index is -3.73. The zero-order valence-corrected chi connectivity index (χ0v) is 15.8. The van der Waals surface area contributed by atoms with Crippen LogP contribution in [0.25, 0.3) is 10.8 Å². The lowest BCUT2D eigenvalue weighted by molar-refractivity contribution is -0.144. The number of esters is 1. The summed E-state index contributed by atoms with van der Waals surface area (Å²) in [6, 6.07) is 21.2. The van der Waals surface area contributed by atoms with E-state index >= 15 is 0 Å². The summed E-state index contributed by atoms with van der Waals surface area (Å²) in [5.41, 5.74) is 1.04. The average Bonchev–Trinajstić information content (AvgIpc) is 2.72. The van der Waals surface area contributed by atoms with Crippen LogP contribution in [-0.4, -0.2) is 20.9 Å². The molecule has 28 heavy (non-hydrogen) atoms. The van der Waals surface area contributed by atoms with E-state index in [1.807, 2.05) is 30.3 Å². The minimum Gasteiger partial charge on any atom is -0.461 e. The smallest absolute Gasteiger partial charge is 0.307 e. The maximum atomic E-state index is 12.4. The molecule has 0 spiro atoms. The maximum absolute atomic E-state index is 12.4. The first-order chi connectivity index (χ1) is 13.5. The van der Waals surface area contributed by atoms with E-state index in [0.29, 0.717) is 11.1 Å². The highest BCUT2D eigenvalue weighted by atomic mass is 32.2. The molecule has 0 amide bonds. The summed E-state index contributed by atoms with van der Waals surface area (Å²) in [5, 5.41) is 10.8. The number of carbonyl (C=O) groups is 1. The quantitative estimate of drug-likeness (QED) is 0.621. The molecule has 6 nitrogen and oxygen atoms in total. The molecule has 1 N–H and O–H groups in total. The number of carbonyl (C=O) groups excluding carboxylic acids is 1. The highest BCUT2D eigenvalue weighted by Gasteiger charge is 2.15. The summed E-state index contributed by atoms with van der Waals surface area (Å²) < 4.78 is 32.4. The van der Waals surface area contributed by atoms with Crippen LogP contribution in [0.5, 0.6) is 0 Å². The molecule has 7 heteroatoms. The van der Waals surface area contributed by atoms with Crippen molar-refractivity contribution in [3.63, 3.8) is 0 Å². The highest BCUT2D eigenvalue weighted by Crippen LogP contribution is 2.18. The summed E-state index contributed by atoms with van der Waals surface area (Å²) in [6.07, 6.45) is -0.110. The second-order valence-electron chi connectivity index (χ2n) is 6.09. The van der Waals surface area contributed by atoms with Crippen molar-refractivity contribution in [1.29, 1.82) is 5.26 Å². The average molecular weight is 394 g/mol. The largest absolute Gasteiger partial charge is 0.461 e. The standard InChI is InChI=1S/C21H18N2O4S/c22-14-18-7-3-4-8-19(18)15-27-21(24)11-12-23-28(25,26)20-10-9-16-5-1-2-6-17(16)13-20/h1-10,13,23H,11-12,15H2. The first-order valence-electron chi connectivity index (χ1n) is 8.62. The van der Waals surface area contributed by atoms with Crippen molar-refractivity contribution in [3.05, 3.63) is 77.9 Å². The van der Waals surface area contributed by atoms with Crippen LogP contribution < -0.4 is 4.72 Å². The molecule has 0 heterocycles. The number of nitrogens with zero attached hydrogens (tertiary/aromatic N) is 1. The van der Waals surface area contributed by atoms with Crippen LogP contribution in [-0.2, 0) is 26.2 Å². The Kier molecular flexibility index (Phi) is 6.04. The molecule has 0 aliphatic carbocycles. The molecule has 0 aliphatic heterocycles. The first-order valence-corrected chi connectivity index (χ1v) is 10.1. The molecule has 0 radical (unpaired) electrons. The Hall–Kier alpha value is -3.21. The molecule has 3 rings (SSSR count). The van der Waals surface area contributed by atoms with Crippen LogP contribution in [0.4, 0.5) is 0 Å². The predicted octanol–water partition coefficient (Wildman–Crippen LogP) is 3.12. The predicted molar refractivity (Wildman–Crippen MR) is 105 cm³/mol. The van der Waals surface area contributed by atoms with Gasteiger partial charge in [0.1, 0.15) is 6.61 Å². The SMILES string of the molecule is N#Cc1ccccc1COC(=O)CCNS(=O)(=O)c1ccc2ccccc2c1. The Balaban J connectivity index is 1.54. The van der Waals surface area contributed by atoms with E-state index < -0.39 is 16.0 Å². The van der Waals surface area contributed by atoms with E-state index in [1.54, 1.807) is 36.4 Å². The van der Waals surface area contributed by atoms with E-state index in [4.69, 9.17) is 10.00 Å². The van der Waals surface area contributed by atoms with E-state index in [0.717, 1.165) is 10.8 Å². The molecule has 0 unspecified atom stereocenters. The lowest BCUT2D eigenvalue weighted by Gasteiger charge is -2.09. The van der Waals surface area contributed by atoms with Gasteiger partial charge in [0, 0.05) is 12.1 Å². The summed E-state index contributed by atoms with van der Waals surface area (Å²) in [7, 11) is -3.73. The number of rotatable bonds is 7. The number of fused-ring (bicyclic) bond motifs is 1. The van der Waals surface area contributed by atoms with Crippen molar-refractivity contribution < 1.29 is 17.9 Å². The van der Waals surface area contributed by atoms with Gasteiger partial charge in [-0.15, -0.1) is 0 Å². The molecule has 3 aromatic carbocycles. The normalized spacial score (nSPS) is 11.1. The number of hydrogen-bond acceptors (Lipinski definition) is 5. The van der Waals surface area contributed by atoms with Crippen molar-refractivity contribution in [2.75, 3.05) is 6.54 Å². The number of hydrogen-bond donors (Lipinski definition) is 1. The van der Waals surface area contributed by atoms with Crippen LogP contribution in [0.3, 0.4) is 0 Å². The summed E-state index contributed by atoms with van der Waals surface area (Å²) in [5.74, 6) is -0.547. The van der Waals surface area contributed by atoms with Gasteiger partial charge in [-0.25, -0.2) is 13.1 Å². The van der Waals surface area contributed by atoms with Crippen molar-refractivity contribution >= 4 is 26.8 Å². The Morgan fingerprint density at radius 2 is 1.71 bits per heavy atom. The van der Waals surface area contributed by atoms with Crippen molar-refractivity contribution in [1.82, 2.24) is 4.72 Å². The fourth-order valence-corrected chi connectivity index (χ4v) is 3.76. The molecule has 0 bridgehead atoms. The van der Waals surface area contributed by atoms with Crippen molar-refractivity contribution in [2.45, 2.75) is 17.9 Å². The molecule has 0 aromatic heterocycles. The second-order valence-corrected chi connectivity index (χ2v) is 7.85. The molecule has 0 saturated carbocycles. The Morgan fingerprint density at radius 3 is 2.50 bits per heavy atom. The molecular weight excluding hydrogens is 376 g/mol. The van der Waals surface area contributed by atoms with Gasteiger partial charge >= 0.3 is 5.97 Å². The topological polar surface area (TPSA) is 96.3 Å². The zero-order valence-electron chi connectivity index (χ0n) is 15.0. The molecule has 0 atom stereocenters. The lowest BCUT2D eigenvalue weighted by atomic mass is 10.1. The maximum Gasteiger partial charge on any atom is 0.307 e. The second kappa shape index (κ2) is 8.65. The van der Waals surface area contributed by atoms with Crippen LogP contribution in [0, 0.1) is 11.3 Å². The Bertz CT molecular complexity index is 1150. The van der Waals surface area contributed by atoms with Crippen LogP contribution in [0.2, 0.25) is 0 Å². The number of sulfonamides is 1. The third-order valence-corrected chi connectivity index (χ3v) is 5.64. The van der Waals surface area contributed by atoms with Gasteiger partial charge in [-0.2, -0.15) is 5.26 Å².